The van der Waals surface area contributed by atoms with E-state index in [1.165, 1.54) is 0 Å². The van der Waals surface area contributed by atoms with Gasteiger partial charge in [0.25, 0.3) is 0 Å². The van der Waals surface area contributed by atoms with Gasteiger partial charge in [-0.1, -0.05) is 91.0 Å². The van der Waals surface area contributed by atoms with Crippen LogP contribution in [0.2, 0.25) is 0 Å². The van der Waals surface area contributed by atoms with E-state index >= 15 is 0 Å². The molecule has 0 heterocycles. The van der Waals surface area contributed by atoms with Gasteiger partial charge in [0.2, 0.25) is 0 Å². The third kappa shape index (κ3) is 5.94. The highest BCUT2D eigenvalue weighted by Crippen LogP contribution is 2.39. The molecule has 0 aliphatic heterocycles. The molecular weight excluding hydrogens is 343 g/mol. The highest BCUT2D eigenvalue weighted by molar-refractivity contribution is 7.54. The van der Waals surface area contributed by atoms with Crippen LogP contribution in [0.3, 0.4) is 0 Å². The molecule has 0 fully saturated rings. The first-order valence-corrected chi connectivity index (χ1v) is 10.2. The second-order valence-electron chi connectivity index (χ2n) is 5.95. The van der Waals surface area contributed by atoms with Crippen molar-refractivity contribution in [3.8, 4) is 0 Å². The van der Waals surface area contributed by atoms with E-state index in [1.54, 1.807) is 0 Å². The average molecular weight is 366 g/mol. The maximum absolute atomic E-state index is 13.3. The van der Waals surface area contributed by atoms with Gasteiger partial charge >= 0.3 is 7.67 Å². The fourth-order valence-corrected chi connectivity index (χ4v) is 3.88. The van der Waals surface area contributed by atoms with Gasteiger partial charge in [-0.3, -0.25) is 4.57 Å². The fraction of sp³-hybridized carbons (Fsp3) is 0.143. The van der Waals surface area contributed by atoms with E-state index < -0.39 is 7.67 Å². The molecule has 0 amide bonds. The van der Waals surface area contributed by atoms with Crippen LogP contribution >= 0.6 is 7.67 Å². The zero-order valence-corrected chi connectivity index (χ0v) is 15.4. The van der Waals surface area contributed by atoms with E-state index in [0.29, 0.717) is 13.1 Å². The Morgan fingerprint density at radius 2 is 1.00 bits per heavy atom. The lowest BCUT2D eigenvalue weighted by molar-refractivity contribution is 0.286. The Morgan fingerprint density at radius 3 is 1.42 bits per heavy atom. The van der Waals surface area contributed by atoms with Crippen LogP contribution in [0.1, 0.15) is 16.7 Å². The summed E-state index contributed by atoms with van der Waals surface area (Å²) in [5.41, 5.74) is 3.09. The molecule has 0 unspecified atom stereocenters. The van der Waals surface area contributed by atoms with Gasteiger partial charge in [-0.2, -0.15) is 0 Å². The first-order valence-electron chi connectivity index (χ1n) is 8.60. The average Bonchev–Trinajstić information content (AvgIpc) is 2.72. The molecule has 134 valence electrons. The molecule has 0 atom stereocenters. The molecule has 0 spiro atoms. The Bertz CT molecular complexity index is 713. The van der Waals surface area contributed by atoms with Crippen molar-refractivity contribution in [1.82, 2.24) is 10.2 Å². The molecule has 0 saturated heterocycles. The van der Waals surface area contributed by atoms with Crippen molar-refractivity contribution in [2.75, 3.05) is 0 Å². The van der Waals surface area contributed by atoms with Gasteiger partial charge in [0, 0.05) is 13.1 Å². The number of hydrogen-bond acceptors (Lipinski definition) is 2. The Hall–Kier alpha value is -2.23. The molecule has 4 nitrogen and oxygen atoms in total. The SMILES string of the molecule is O=P(NCc1ccccc1)(NCc1ccccc1)OCc1ccccc1. The van der Waals surface area contributed by atoms with Crippen molar-refractivity contribution in [1.29, 1.82) is 0 Å². The first-order chi connectivity index (χ1) is 12.7. The Morgan fingerprint density at radius 1 is 0.615 bits per heavy atom. The van der Waals surface area contributed by atoms with Crippen molar-refractivity contribution in [3.05, 3.63) is 108 Å². The highest BCUT2D eigenvalue weighted by atomic mass is 31.2. The molecule has 26 heavy (non-hydrogen) atoms. The standard InChI is InChI=1S/C21H23N2O2P/c24-26(22-16-19-10-4-1-5-11-19,23-17-20-12-6-2-7-13-20)25-18-21-14-8-3-9-15-21/h1-15H,16-18H2,(H2,22,23,24). The largest absolute Gasteiger partial charge is 0.341 e. The van der Waals surface area contributed by atoms with Crippen LogP contribution in [0.4, 0.5) is 0 Å². The van der Waals surface area contributed by atoms with E-state index in [0.717, 1.165) is 16.7 Å². The summed E-state index contributed by atoms with van der Waals surface area (Å²) < 4.78 is 19.1. The van der Waals surface area contributed by atoms with E-state index in [4.69, 9.17) is 4.52 Å². The molecule has 0 bridgehead atoms. The minimum Gasteiger partial charge on any atom is -0.301 e. The predicted molar refractivity (Wildman–Crippen MR) is 105 cm³/mol. The summed E-state index contributed by atoms with van der Waals surface area (Å²) in [4.78, 5) is 0. The van der Waals surface area contributed by atoms with Gasteiger partial charge in [-0.15, -0.1) is 0 Å². The van der Waals surface area contributed by atoms with Crippen molar-refractivity contribution < 1.29 is 9.09 Å². The molecule has 3 rings (SSSR count). The van der Waals surface area contributed by atoms with Crippen molar-refractivity contribution in [3.63, 3.8) is 0 Å². The second kappa shape index (κ2) is 9.46. The molecule has 3 aromatic carbocycles. The molecule has 0 saturated carbocycles. The molecular formula is C21H23N2O2P. The summed E-state index contributed by atoms with van der Waals surface area (Å²) in [7, 11) is -3.22. The summed E-state index contributed by atoms with van der Waals surface area (Å²) in [6.07, 6.45) is 0. The topological polar surface area (TPSA) is 50.4 Å². The van der Waals surface area contributed by atoms with E-state index in [1.807, 2.05) is 91.0 Å². The Labute approximate surface area is 154 Å². The smallest absolute Gasteiger partial charge is 0.301 e. The Balaban J connectivity index is 1.65. The molecule has 5 heteroatoms. The normalized spacial score (nSPS) is 11.4. The molecule has 0 aliphatic rings. The van der Waals surface area contributed by atoms with E-state index in [2.05, 4.69) is 10.2 Å². The second-order valence-corrected chi connectivity index (χ2v) is 7.95. The Kier molecular flexibility index (Phi) is 6.75. The van der Waals surface area contributed by atoms with Crippen molar-refractivity contribution in [2.45, 2.75) is 19.7 Å². The van der Waals surface area contributed by atoms with E-state index in [-0.39, 0.29) is 6.61 Å². The lowest BCUT2D eigenvalue weighted by Gasteiger charge is -2.21. The fourth-order valence-electron chi connectivity index (χ4n) is 2.47. The molecule has 2 N–H and O–H groups in total. The number of rotatable bonds is 9. The summed E-state index contributed by atoms with van der Waals surface area (Å²) in [6, 6.07) is 29.5. The minimum atomic E-state index is -3.22. The van der Waals surface area contributed by atoms with Gasteiger partial charge in [0.05, 0.1) is 6.61 Å². The van der Waals surface area contributed by atoms with Crippen LogP contribution in [0.25, 0.3) is 0 Å². The molecule has 0 aliphatic carbocycles. The summed E-state index contributed by atoms with van der Waals surface area (Å²) >= 11 is 0. The summed E-state index contributed by atoms with van der Waals surface area (Å²) in [5.74, 6) is 0. The highest BCUT2D eigenvalue weighted by Gasteiger charge is 2.22. The third-order valence-electron chi connectivity index (χ3n) is 3.92. The molecule has 3 aromatic rings. The summed E-state index contributed by atoms with van der Waals surface area (Å²) in [5, 5.41) is 6.15. The zero-order valence-electron chi connectivity index (χ0n) is 14.5. The minimum absolute atomic E-state index is 0.279. The predicted octanol–water partition coefficient (Wildman–Crippen LogP) is 4.89. The van der Waals surface area contributed by atoms with Crippen LogP contribution in [-0.4, -0.2) is 0 Å². The van der Waals surface area contributed by atoms with Gasteiger partial charge in [0.1, 0.15) is 0 Å². The van der Waals surface area contributed by atoms with Crippen molar-refractivity contribution >= 4 is 7.67 Å². The number of hydrogen-bond donors (Lipinski definition) is 2. The number of benzene rings is 3. The third-order valence-corrected chi connectivity index (χ3v) is 5.57. The van der Waals surface area contributed by atoms with Crippen LogP contribution in [0.15, 0.2) is 91.0 Å². The maximum atomic E-state index is 13.3. The maximum Gasteiger partial charge on any atom is 0.341 e. The van der Waals surface area contributed by atoms with Gasteiger partial charge < -0.3 is 4.52 Å². The quantitative estimate of drug-likeness (QED) is 0.530. The van der Waals surface area contributed by atoms with Crippen LogP contribution in [0, 0.1) is 0 Å². The lowest BCUT2D eigenvalue weighted by Crippen LogP contribution is -2.24. The van der Waals surface area contributed by atoms with Gasteiger partial charge in [-0.05, 0) is 16.7 Å². The van der Waals surface area contributed by atoms with Crippen LogP contribution < -0.4 is 10.2 Å². The first kappa shape index (κ1) is 18.6. The zero-order chi connectivity index (χ0) is 18.1. The molecule has 0 radical (unpaired) electrons. The van der Waals surface area contributed by atoms with Gasteiger partial charge in [-0.25, -0.2) is 10.2 Å². The lowest BCUT2D eigenvalue weighted by atomic mass is 10.2. The molecule has 0 aromatic heterocycles. The van der Waals surface area contributed by atoms with E-state index in [9.17, 15) is 4.57 Å². The monoisotopic (exact) mass is 366 g/mol. The number of nitrogens with one attached hydrogen (secondary N) is 2. The summed E-state index contributed by atoms with van der Waals surface area (Å²) in [6.45, 7) is 1.21. The van der Waals surface area contributed by atoms with Gasteiger partial charge in [0.15, 0.2) is 0 Å². The van der Waals surface area contributed by atoms with Crippen LogP contribution in [-0.2, 0) is 28.8 Å². The van der Waals surface area contributed by atoms with Crippen molar-refractivity contribution in [2.24, 2.45) is 0 Å². The van der Waals surface area contributed by atoms with Crippen LogP contribution in [0.5, 0.6) is 0 Å².